The van der Waals surface area contributed by atoms with Crippen LogP contribution >= 0.6 is 0 Å². The number of halogens is 1. The molecule has 0 aliphatic carbocycles. The fourth-order valence-electron chi connectivity index (χ4n) is 2.77. The van der Waals surface area contributed by atoms with Crippen LogP contribution in [0.15, 0.2) is 48.7 Å². The molecule has 25 heavy (non-hydrogen) atoms. The van der Waals surface area contributed by atoms with Crippen molar-refractivity contribution in [2.75, 3.05) is 6.61 Å². The highest BCUT2D eigenvalue weighted by Gasteiger charge is 2.39. The topological polar surface area (TPSA) is 56.3 Å². The van der Waals surface area contributed by atoms with E-state index in [4.69, 9.17) is 4.74 Å². The first-order chi connectivity index (χ1) is 12.0. The summed E-state index contributed by atoms with van der Waals surface area (Å²) in [6, 6.07) is 11.1. The Bertz CT molecular complexity index is 713. The minimum Gasteiger partial charge on any atom is -0.465 e. The fourth-order valence-corrected chi connectivity index (χ4v) is 2.77. The lowest BCUT2D eigenvalue weighted by molar-refractivity contribution is -0.153. The van der Waals surface area contributed by atoms with Gasteiger partial charge < -0.3 is 4.74 Å². The van der Waals surface area contributed by atoms with Crippen LogP contribution in [-0.2, 0) is 14.3 Å². The second kappa shape index (κ2) is 8.51. The van der Waals surface area contributed by atoms with E-state index in [1.165, 1.54) is 12.1 Å². The molecule has 2 rings (SSSR count). The van der Waals surface area contributed by atoms with E-state index in [0.717, 1.165) is 0 Å². The molecule has 1 aromatic carbocycles. The number of benzene rings is 1. The zero-order valence-electron chi connectivity index (χ0n) is 14.6. The molecule has 2 aromatic rings. The highest BCUT2D eigenvalue weighted by molar-refractivity contribution is 6.01. The Kier molecular flexibility index (Phi) is 6.39. The van der Waals surface area contributed by atoms with Crippen LogP contribution < -0.4 is 0 Å². The first kappa shape index (κ1) is 18.8. The van der Waals surface area contributed by atoms with E-state index in [2.05, 4.69) is 4.98 Å². The maximum absolute atomic E-state index is 13.3. The Morgan fingerprint density at radius 1 is 1.12 bits per heavy atom. The van der Waals surface area contributed by atoms with Crippen LogP contribution in [0.25, 0.3) is 0 Å². The Balaban J connectivity index is 2.58. The number of ketones is 1. The molecule has 0 bridgehead atoms. The molecule has 5 heteroatoms. The fraction of sp³-hybridized carbons (Fsp3) is 0.350. The van der Waals surface area contributed by atoms with Crippen molar-refractivity contribution in [1.29, 1.82) is 0 Å². The third kappa shape index (κ3) is 4.50. The molecule has 0 aliphatic rings. The molecule has 0 saturated heterocycles. The molecular formula is C20H22FNO3. The number of hydrogen-bond acceptors (Lipinski definition) is 4. The predicted molar refractivity (Wildman–Crippen MR) is 92.4 cm³/mol. The predicted octanol–water partition coefficient (Wildman–Crippen LogP) is 3.76. The van der Waals surface area contributed by atoms with Crippen LogP contribution in [0.3, 0.4) is 0 Å². The van der Waals surface area contributed by atoms with Crippen molar-refractivity contribution in [2.45, 2.75) is 26.7 Å². The van der Waals surface area contributed by atoms with Crippen molar-refractivity contribution in [3.8, 4) is 0 Å². The van der Waals surface area contributed by atoms with Gasteiger partial charge in [0, 0.05) is 23.7 Å². The number of ether oxygens (including phenoxy) is 1. The Labute approximate surface area is 147 Å². The van der Waals surface area contributed by atoms with Gasteiger partial charge in [0.1, 0.15) is 11.7 Å². The summed E-state index contributed by atoms with van der Waals surface area (Å²) in [6.45, 7) is 5.37. The zero-order valence-corrected chi connectivity index (χ0v) is 14.6. The second-order valence-electron chi connectivity index (χ2n) is 6.07. The quantitative estimate of drug-likeness (QED) is 0.567. The Morgan fingerprint density at radius 2 is 1.80 bits per heavy atom. The number of carbonyl (C=O) groups excluding carboxylic acids is 2. The van der Waals surface area contributed by atoms with Gasteiger partial charge in [-0.25, -0.2) is 4.39 Å². The van der Waals surface area contributed by atoms with Crippen LogP contribution in [-0.4, -0.2) is 23.3 Å². The third-order valence-electron chi connectivity index (χ3n) is 3.98. The van der Waals surface area contributed by atoms with Gasteiger partial charge in [0.25, 0.3) is 0 Å². The molecule has 0 radical (unpaired) electrons. The molecule has 0 spiro atoms. The van der Waals surface area contributed by atoms with E-state index in [0.29, 0.717) is 11.3 Å². The van der Waals surface area contributed by atoms with Crippen LogP contribution in [0.1, 0.15) is 37.9 Å². The number of carbonyl (C=O) groups is 2. The van der Waals surface area contributed by atoms with E-state index in [1.54, 1.807) is 57.3 Å². The number of rotatable bonds is 7. The SMILES string of the molecule is CCOC(=O)C(C(=O)C(C)C)C(c1ccc(F)cc1)c1ccccn1. The molecule has 4 nitrogen and oxygen atoms in total. The van der Waals surface area contributed by atoms with Gasteiger partial charge in [0.15, 0.2) is 5.78 Å². The normalized spacial score (nSPS) is 13.3. The van der Waals surface area contributed by atoms with Crippen molar-refractivity contribution in [1.82, 2.24) is 4.98 Å². The Hall–Kier alpha value is -2.56. The number of pyridine rings is 1. The molecule has 2 unspecified atom stereocenters. The number of esters is 1. The van der Waals surface area contributed by atoms with Gasteiger partial charge in [-0.05, 0) is 36.8 Å². The molecule has 2 atom stereocenters. The lowest BCUT2D eigenvalue weighted by Gasteiger charge is -2.26. The lowest BCUT2D eigenvalue weighted by atomic mass is 9.78. The van der Waals surface area contributed by atoms with Gasteiger partial charge in [-0.2, -0.15) is 0 Å². The summed E-state index contributed by atoms with van der Waals surface area (Å²) in [5.74, 6) is -3.19. The summed E-state index contributed by atoms with van der Waals surface area (Å²) >= 11 is 0. The number of hydrogen-bond donors (Lipinski definition) is 0. The standard InChI is InChI=1S/C20H22FNO3/c1-4-25-20(24)18(19(23)13(2)3)17(16-7-5-6-12-22-16)14-8-10-15(21)11-9-14/h5-13,17-18H,4H2,1-3H3. The van der Waals surface area contributed by atoms with E-state index < -0.39 is 17.8 Å². The van der Waals surface area contributed by atoms with Crippen LogP contribution in [0.5, 0.6) is 0 Å². The van der Waals surface area contributed by atoms with Gasteiger partial charge in [-0.3, -0.25) is 14.6 Å². The summed E-state index contributed by atoms with van der Waals surface area (Å²) in [6.07, 6.45) is 1.61. The van der Waals surface area contributed by atoms with Crippen molar-refractivity contribution >= 4 is 11.8 Å². The summed E-state index contributed by atoms with van der Waals surface area (Å²) in [7, 11) is 0. The van der Waals surface area contributed by atoms with E-state index in [1.807, 2.05) is 0 Å². The maximum Gasteiger partial charge on any atom is 0.317 e. The van der Waals surface area contributed by atoms with E-state index in [9.17, 15) is 14.0 Å². The number of nitrogens with zero attached hydrogens (tertiary/aromatic N) is 1. The minimum atomic E-state index is -1.03. The third-order valence-corrected chi connectivity index (χ3v) is 3.98. The number of Topliss-reactive ketones (excluding diaryl/α,β-unsaturated/α-hetero) is 1. The average molecular weight is 343 g/mol. The smallest absolute Gasteiger partial charge is 0.317 e. The first-order valence-corrected chi connectivity index (χ1v) is 8.32. The molecule has 1 aromatic heterocycles. The molecule has 0 fully saturated rings. The molecule has 0 aliphatic heterocycles. The van der Waals surface area contributed by atoms with Crippen molar-refractivity contribution < 1.29 is 18.7 Å². The second-order valence-corrected chi connectivity index (χ2v) is 6.07. The first-order valence-electron chi connectivity index (χ1n) is 8.32. The molecule has 132 valence electrons. The summed E-state index contributed by atoms with van der Waals surface area (Å²) in [4.78, 5) is 29.7. The van der Waals surface area contributed by atoms with Gasteiger partial charge in [-0.15, -0.1) is 0 Å². The number of aromatic nitrogens is 1. The summed E-state index contributed by atoms with van der Waals surface area (Å²) < 4.78 is 18.5. The van der Waals surface area contributed by atoms with E-state index in [-0.39, 0.29) is 24.1 Å². The van der Waals surface area contributed by atoms with Crippen LogP contribution in [0, 0.1) is 17.7 Å². The van der Waals surface area contributed by atoms with Crippen LogP contribution in [0.2, 0.25) is 0 Å². The maximum atomic E-state index is 13.3. The highest BCUT2D eigenvalue weighted by atomic mass is 19.1. The summed E-state index contributed by atoms with van der Waals surface area (Å²) in [5.41, 5.74) is 1.22. The highest BCUT2D eigenvalue weighted by Crippen LogP contribution is 2.34. The average Bonchev–Trinajstić information content (AvgIpc) is 2.61. The van der Waals surface area contributed by atoms with Crippen molar-refractivity contribution in [3.05, 3.63) is 65.7 Å². The van der Waals surface area contributed by atoms with Crippen molar-refractivity contribution in [2.24, 2.45) is 11.8 Å². The van der Waals surface area contributed by atoms with E-state index >= 15 is 0 Å². The van der Waals surface area contributed by atoms with Gasteiger partial charge in [-0.1, -0.05) is 32.0 Å². The molecule has 0 N–H and O–H groups in total. The van der Waals surface area contributed by atoms with Crippen LogP contribution in [0.4, 0.5) is 4.39 Å². The minimum absolute atomic E-state index is 0.180. The molecule has 0 saturated carbocycles. The van der Waals surface area contributed by atoms with Gasteiger partial charge >= 0.3 is 5.97 Å². The lowest BCUT2D eigenvalue weighted by Crippen LogP contribution is -2.35. The Morgan fingerprint density at radius 3 is 2.32 bits per heavy atom. The largest absolute Gasteiger partial charge is 0.465 e. The molecular weight excluding hydrogens is 321 g/mol. The zero-order chi connectivity index (χ0) is 18.4. The van der Waals surface area contributed by atoms with Gasteiger partial charge in [0.2, 0.25) is 0 Å². The van der Waals surface area contributed by atoms with Gasteiger partial charge in [0.05, 0.1) is 6.61 Å². The summed E-state index contributed by atoms with van der Waals surface area (Å²) in [5, 5.41) is 0. The monoisotopic (exact) mass is 343 g/mol. The molecule has 0 amide bonds. The molecule has 1 heterocycles. The van der Waals surface area contributed by atoms with Crippen molar-refractivity contribution in [3.63, 3.8) is 0 Å².